The van der Waals surface area contributed by atoms with Crippen molar-refractivity contribution in [1.29, 1.82) is 0 Å². The first-order chi connectivity index (χ1) is 16.3. The number of furan rings is 1. The number of aromatic nitrogens is 1. The molecule has 0 aliphatic heterocycles. The fraction of sp³-hybridized carbons (Fsp3) is 0.0667. The largest absolute Gasteiger partial charge is 0.456 e. The molecule has 0 spiro atoms. The highest BCUT2D eigenvalue weighted by Gasteiger charge is 2.20. The zero-order valence-electron chi connectivity index (χ0n) is 18.1. The van der Waals surface area contributed by atoms with Crippen molar-refractivity contribution in [3.63, 3.8) is 0 Å². The molecule has 1 aliphatic rings. The summed E-state index contributed by atoms with van der Waals surface area (Å²) >= 11 is 0. The number of benzene rings is 4. The Morgan fingerprint density at radius 2 is 1.39 bits per heavy atom. The smallest absolute Gasteiger partial charge is 0.135 e. The number of rotatable bonds is 2. The highest BCUT2D eigenvalue weighted by molar-refractivity contribution is 6.15. The van der Waals surface area contributed by atoms with E-state index in [2.05, 4.69) is 83.4 Å². The molecule has 0 saturated heterocycles. The quantitative estimate of drug-likeness (QED) is 0.285. The molecular formula is C30H22N2O. The first-order valence-electron chi connectivity index (χ1n) is 11.4. The fourth-order valence-electron chi connectivity index (χ4n) is 5.28. The number of nitrogens with two attached hydrogens (primary N) is 1. The molecule has 6 aromatic rings. The SMILES string of the molecule is Nc1ccc2c3ccccc3n(C3=CCCC=C3c3ccc4oc5ccccc5c4c3)c2c1. The highest BCUT2D eigenvalue weighted by atomic mass is 16.3. The molecule has 2 heterocycles. The molecular weight excluding hydrogens is 404 g/mol. The lowest BCUT2D eigenvalue weighted by molar-refractivity contribution is 0.669. The summed E-state index contributed by atoms with van der Waals surface area (Å²) in [5.41, 5.74) is 14.9. The first kappa shape index (κ1) is 18.3. The van der Waals surface area contributed by atoms with Crippen LogP contribution in [-0.4, -0.2) is 4.57 Å². The Bertz CT molecular complexity index is 1780. The Morgan fingerprint density at radius 3 is 2.33 bits per heavy atom. The van der Waals surface area contributed by atoms with E-state index in [0.717, 1.165) is 46.0 Å². The minimum absolute atomic E-state index is 0.778. The van der Waals surface area contributed by atoms with Crippen LogP contribution in [0.3, 0.4) is 0 Å². The van der Waals surface area contributed by atoms with Gasteiger partial charge < -0.3 is 14.7 Å². The van der Waals surface area contributed by atoms with E-state index < -0.39 is 0 Å². The van der Waals surface area contributed by atoms with E-state index in [-0.39, 0.29) is 0 Å². The summed E-state index contributed by atoms with van der Waals surface area (Å²) in [5, 5.41) is 4.78. The maximum absolute atomic E-state index is 6.24. The lowest BCUT2D eigenvalue weighted by Crippen LogP contribution is -2.03. The molecule has 0 bridgehead atoms. The average molecular weight is 427 g/mol. The molecule has 7 rings (SSSR count). The topological polar surface area (TPSA) is 44.1 Å². The number of nitrogens with zero attached hydrogens (tertiary/aromatic N) is 1. The van der Waals surface area contributed by atoms with Gasteiger partial charge in [0.2, 0.25) is 0 Å². The Balaban J connectivity index is 1.48. The third-order valence-corrected chi connectivity index (χ3v) is 6.76. The van der Waals surface area contributed by atoms with Crippen LogP contribution < -0.4 is 5.73 Å². The number of hydrogen-bond donors (Lipinski definition) is 1. The van der Waals surface area contributed by atoms with Crippen molar-refractivity contribution >= 4 is 60.7 Å². The van der Waals surface area contributed by atoms with Crippen molar-refractivity contribution in [2.45, 2.75) is 12.8 Å². The summed E-state index contributed by atoms with van der Waals surface area (Å²) in [4.78, 5) is 0. The Morgan fingerprint density at radius 1 is 0.636 bits per heavy atom. The van der Waals surface area contributed by atoms with Crippen LogP contribution in [0.2, 0.25) is 0 Å². The maximum Gasteiger partial charge on any atom is 0.135 e. The van der Waals surface area contributed by atoms with Gasteiger partial charge in [0.25, 0.3) is 0 Å². The number of hydrogen-bond acceptors (Lipinski definition) is 2. The normalized spacial score (nSPS) is 14.3. The molecule has 33 heavy (non-hydrogen) atoms. The van der Waals surface area contributed by atoms with Crippen LogP contribution in [0.4, 0.5) is 5.69 Å². The fourth-order valence-corrected chi connectivity index (χ4v) is 5.28. The number of anilines is 1. The third kappa shape index (κ3) is 2.69. The molecule has 0 fully saturated rings. The summed E-state index contributed by atoms with van der Waals surface area (Å²) < 4.78 is 8.45. The molecule has 1 aliphatic carbocycles. The van der Waals surface area contributed by atoms with Gasteiger partial charge in [-0.2, -0.15) is 0 Å². The second-order valence-corrected chi connectivity index (χ2v) is 8.72. The summed E-state index contributed by atoms with van der Waals surface area (Å²) in [6.07, 6.45) is 6.78. The third-order valence-electron chi connectivity index (χ3n) is 6.76. The molecule has 4 aromatic carbocycles. The van der Waals surface area contributed by atoms with E-state index in [9.17, 15) is 0 Å². The Kier molecular flexibility index (Phi) is 3.82. The lowest BCUT2D eigenvalue weighted by Gasteiger charge is -2.20. The molecule has 0 atom stereocenters. The van der Waals surface area contributed by atoms with Crippen LogP contribution in [-0.2, 0) is 0 Å². The number of nitrogen functional groups attached to an aromatic ring is 1. The lowest BCUT2D eigenvalue weighted by atomic mass is 9.94. The van der Waals surface area contributed by atoms with Crippen LogP contribution in [0.5, 0.6) is 0 Å². The van der Waals surface area contributed by atoms with Crippen LogP contribution in [0.25, 0.3) is 55.0 Å². The molecule has 0 unspecified atom stereocenters. The zero-order valence-corrected chi connectivity index (χ0v) is 18.1. The molecule has 2 N–H and O–H groups in total. The molecule has 0 radical (unpaired) electrons. The minimum Gasteiger partial charge on any atom is -0.456 e. The molecule has 0 amide bonds. The number of allylic oxidation sites excluding steroid dienone is 4. The summed E-state index contributed by atoms with van der Waals surface area (Å²) in [7, 11) is 0. The predicted molar refractivity (Wildman–Crippen MR) is 139 cm³/mol. The van der Waals surface area contributed by atoms with Gasteiger partial charge in [0.15, 0.2) is 0 Å². The molecule has 3 nitrogen and oxygen atoms in total. The van der Waals surface area contributed by atoms with Gasteiger partial charge in [0.05, 0.1) is 11.0 Å². The van der Waals surface area contributed by atoms with Crippen molar-refractivity contribution < 1.29 is 4.42 Å². The average Bonchev–Trinajstić information content (AvgIpc) is 3.39. The molecule has 158 valence electrons. The molecule has 3 heteroatoms. The Labute approximate surface area is 191 Å². The number of para-hydroxylation sites is 2. The van der Waals surface area contributed by atoms with E-state index in [1.165, 1.54) is 33.1 Å². The monoisotopic (exact) mass is 426 g/mol. The van der Waals surface area contributed by atoms with Gasteiger partial charge in [0.1, 0.15) is 11.2 Å². The summed E-state index contributed by atoms with van der Waals surface area (Å²) in [5.74, 6) is 0. The van der Waals surface area contributed by atoms with Crippen molar-refractivity contribution in [1.82, 2.24) is 4.57 Å². The van der Waals surface area contributed by atoms with Crippen LogP contribution in [0, 0.1) is 0 Å². The van der Waals surface area contributed by atoms with Crippen molar-refractivity contribution in [2.75, 3.05) is 5.73 Å². The minimum atomic E-state index is 0.778. The molecule has 2 aromatic heterocycles. The number of fused-ring (bicyclic) bond motifs is 6. The second-order valence-electron chi connectivity index (χ2n) is 8.72. The van der Waals surface area contributed by atoms with Gasteiger partial charge in [0, 0.05) is 38.5 Å². The zero-order chi connectivity index (χ0) is 21.9. The Hall–Kier alpha value is -4.24. The van der Waals surface area contributed by atoms with E-state index in [0.29, 0.717) is 0 Å². The van der Waals surface area contributed by atoms with Crippen molar-refractivity contribution in [3.05, 3.63) is 103 Å². The first-order valence-corrected chi connectivity index (χ1v) is 11.4. The van der Waals surface area contributed by atoms with E-state index in [4.69, 9.17) is 10.2 Å². The summed E-state index contributed by atoms with van der Waals surface area (Å²) in [6.45, 7) is 0. The maximum atomic E-state index is 6.24. The van der Waals surface area contributed by atoms with Gasteiger partial charge in [-0.15, -0.1) is 0 Å². The van der Waals surface area contributed by atoms with Gasteiger partial charge in [-0.3, -0.25) is 0 Å². The van der Waals surface area contributed by atoms with Crippen LogP contribution >= 0.6 is 0 Å². The standard InChI is InChI=1S/C30H22N2O/c31-20-14-15-23-22-8-2-5-11-27(22)32(28(23)18-20)26-10-4-1-7-21(26)19-13-16-30-25(17-19)24-9-3-6-12-29(24)33-30/h2-3,5-18H,1,4,31H2. The van der Waals surface area contributed by atoms with Gasteiger partial charge in [-0.05, 0) is 54.8 Å². The van der Waals surface area contributed by atoms with E-state index in [1.54, 1.807) is 0 Å². The highest BCUT2D eigenvalue weighted by Crippen LogP contribution is 2.40. The van der Waals surface area contributed by atoms with Gasteiger partial charge in [-0.25, -0.2) is 0 Å². The van der Waals surface area contributed by atoms with E-state index >= 15 is 0 Å². The second kappa shape index (κ2) is 6.88. The van der Waals surface area contributed by atoms with Gasteiger partial charge >= 0.3 is 0 Å². The summed E-state index contributed by atoms with van der Waals surface area (Å²) in [6, 6.07) is 29.6. The predicted octanol–water partition coefficient (Wildman–Crippen LogP) is 7.99. The van der Waals surface area contributed by atoms with Crippen molar-refractivity contribution in [2.24, 2.45) is 0 Å². The van der Waals surface area contributed by atoms with Crippen LogP contribution in [0.15, 0.2) is 101 Å². The molecule has 0 saturated carbocycles. The van der Waals surface area contributed by atoms with E-state index in [1.807, 2.05) is 18.2 Å². The van der Waals surface area contributed by atoms with Crippen molar-refractivity contribution in [3.8, 4) is 0 Å². The van der Waals surface area contributed by atoms with Gasteiger partial charge in [-0.1, -0.05) is 60.7 Å². The van der Waals surface area contributed by atoms with Crippen LogP contribution in [0.1, 0.15) is 18.4 Å².